The number of rotatable bonds is 4. The van der Waals surface area contributed by atoms with E-state index in [0.29, 0.717) is 5.56 Å². The maximum Gasteiger partial charge on any atom is 0.162 e. The van der Waals surface area contributed by atoms with E-state index in [2.05, 4.69) is 0 Å². The van der Waals surface area contributed by atoms with Gasteiger partial charge in [-0.25, -0.2) is 8.78 Å². The molecule has 0 unspecified atom stereocenters. The van der Waals surface area contributed by atoms with E-state index in [1.165, 1.54) is 31.2 Å². The fourth-order valence-electron chi connectivity index (χ4n) is 1.69. The molecule has 0 saturated heterocycles. The van der Waals surface area contributed by atoms with Gasteiger partial charge >= 0.3 is 0 Å². The van der Waals surface area contributed by atoms with Crippen LogP contribution in [0.2, 0.25) is 5.02 Å². The van der Waals surface area contributed by atoms with Gasteiger partial charge in [0.05, 0.1) is 10.6 Å². The average molecular weight is 297 g/mol. The molecule has 0 aliphatic carbocycles. The van der Waals surface area contributed by atoms with Gasteiger partial charge in [-0.3, -0.25) is 4.79 Å². The first kappa shape index (κ1) is 14.5. The van der Waals surface area contributed by atoms with Crippen LogP contribution in [0.25, 0.3) is 0 Å². The van der Waals surface area contributed by atoms with Gasteiger partial charge in [-0.2, -0.15) is 0 Å². The van der Waals surface area contributed by atoms with Crippen molar-refractivity contribution in [3.63, 3.8) is 0 Å². The molecule has 0 fully saturated rings. The lowest BCUT2D eigenvalue weighted by atomic mass is 10.1. The Bertz CT molecular complexity index is 656. The summed E-state index contributed by atoms with van der Waals surface area (Å²) in [5, 5.41) is -0.0201. The highest BCUT2D eigenvalue weighted by Crippen LogP contribution is 2.23. The van der Waals surface area contributed by atoms with Crippen LogP contribution < -0.4 is 4.74 Å². The lowest BCUT2D eigenvalue weighted by molar-refractivity contribution is 0.101. The lowest BCUT2D eigenvalue weighted by Crippen LogP contribution is -2.00. The summed E-state index contributed by atoms with van der Waals surface area (Å²) in [6.45, 7) is 1.29. The van der Waals surface area contributed by atoms with Crippen molar-refractivity contribution in [2.75, 3.05) is 0 Å². The molecular formula is C15H11ClF2O2. The Kier molecular flexibility index (Phi) is 4.35. The summed E-state index contributed by atoms with van der Waals surface area (Å²) in [6, 6.07) is 8.31. The van der Waals surface area contributed by atoms with E-state index in [-0.39, 0.29) is 28.7 Å². The Morgan fingerprint density at radius 1 is 1.20 bits per heavy atom. The van der Waals surface area contributed by atoms with Crippen LogP contribution in [0, 0.1) is 11.6 Å². The average Bonchev–Trinajstić information content (AvgIpc) is 2.40. The minimum absolute atomic E-state index is 0.00105. The van der Waals surface area contributed by atoms with Gasteiger partial charge in [0.15, 0.2) is 5.78 Å². The van der Waals surface area contributed by atoms with Crippen LogP contribution in [0.5, 0.6) is 5.75 Å². The quantitative estimate of drug-likeness (QED) is 0.782. The molecule has 0 aliphatic heterocycles. The number of hydrogen-bond donors (Lipinski definition) is 0. The Hall–Kier alpha value is -1.94. The maximum absolute atomic E-state index is 13.6. The summed E-state index contributed by atoms with van der Waals surface area (Å²) in [4.78, 5) is 11.1. The molecule has 0 heterocycles. The molecule has 2 aromatic rings. The fraction of sp³-hybridized carbons (Fsp3) is 0.133. The second-order valence-corrected chi connectivity index (χ2v) is 4.58. The van der Waals surface area contributed by atoms with Gasteiger partial charge in [0, 0.05) is 11.6 Å². The SMILES string of the molecule is CC(=O)c1ccc(OCc2cccc(F)c2Cl)cc1F. The van der Waals surface area contributed by atoms with Gasteiger partial charge in [-0.1, -0.05) is 23.7 Å². The van der Waals surface area contributed by atoms with Crippen LogP contribution in [0.3, 0.4) is 0 Å². The second-order valence-electron chi connectivity index (χ2n) is 4.20. The topological polar surface area (TPSA) is 26.3 Å². The largest absolute Gasteiger partial charge is 0.489 e. The molecule has 5 heteroatoms. The van der Waals surface area contributed by atoms with E-state index >= 15 is 0 Å². The summed E-state index contributed by atoms with van der Waals surface area (Å²) < 4.78 is 32.2. The van der Waals surface area contributed by atoms with Crippen LogP contribution in [-0.4, -0.2) is 5.78 Å². The molecule has 0 radical (unpaired) electrons. The van der Waals surface area contributed by atoms with Crippen LogP contribution in [0.15, 0.2) is 36.4 Å². The Balaban J connectivity index is 2.13. The zero-order valence-corrected chi connectivity index (χ0v) is 11.4. The summed E-state index contributed by atoms with van der Waals surface area (Å²) in [5.41, 5.74) is 0.462. The first-order valence-corrected chi connectivity index (χ1v) is 6.23. The van der Waals surface area contributed by atoms with Crippen molar-refractivity contribution in [3.8, 4) is 5.75 Å². The minimum Gasteiger partial charge on any atom is -0.489 e. The monoisotopic (exact) mass is 296 g/mol. The van der Waals surface area contributed by atoms with Gasteiger partial charge in [-0.15, -0.1) is 0 Å². The van der Waals surface area contributed by atoms with Crippen molar-refractivity contribution >= 4 is 17.4 Å². The first-order chi connectivity index (χ1) is 9.49. The number of benzene rings is 2. The van der Waals surface area contributed by atoms with Gasteiger partial charge in [0.2, 0.25) is 0 Å². The molecule has 0 saturated carbocycles. The standard InChI is InChI=1S/C15H11ClF2O2/c1-9(19)12-6-5-11(7-14(12)18)20-8-10-3-2-4-13(17)15(10)16/h2-7H,8H2,1H3. The smallest absolute Gasteiger partial charge is 0.162 e. The summed E-state index contributed by atoms with van der Waals surface area (Å²) in [5.74, 6) is -1.30. The molecule has 2 rings (SSSR count). The number of Topliss-reactive ketones (excluding diaryl/α,β-unsaturated/α-hetero) is 1. The van der Waals surface area contributed by atoms with Crippen LogP contribution in [0.4, 0.5) is 8.78 Å². The third-order valence-corrected chi connectivity index (χ3v) is 3.17. The molecule has 104 valence electrons. The number of ketones is 1. The highest BCUT2D eigenvalue weighted by molar-refractivity contribution is 6.31. The fourth-order valence-corrected chi connectivity index (χ4v) is 1.87. The van der Waals surface area contributed by atoms with E-state index in [1.807, 2.05) is 0 Å². The van der Waals surface area contributed by atoms with E-state index < -0.39 is 11.6 Å². The van der Waals surface area contributed by atoms with Crippen LogP contribution in [0.1, 0.15) is 22.8 Å². The van der Waals surface area contributed by atoms with Gasteiger partial charge < -0.3 is 4.74 Å². The zero-order chi connectivity index (χ0) is 14.7. The number of ether oxygens (including phenoxy) is 1. The minimum atomic E-state index is -0.652. The maximum atomic E-state index is 13.6. The lowest BCUT2D eigenvalue weighted by Gasteiger charge is -2.09. The van der Waals surface area contributed by atoms with Crippen LogP contribution in [-0.2, 0) is 6.61 Å². The number of carbonyl (C=O) groups excluding carboxylic acids is 1. The van der Waals surface area contributed by atoms with Crippen molar-refractivity contribution < 1.29 is 18.3 Å². The van der Waals surface area contributed by atoms with Crippen molar-refractivity contribution in [1.29, 1.82) is 0 Å². The molecule has 0 N–H and O–H groups in total. The summed E-state index contributed by atoms with van der Waals surface area (Å²) >= 11 is 5.78. The van der Waals surface area contributed by atoms with Gasteiger partial charge in [0.25, 0.3) is 0 Å². The zero-order valence-electron chi connectivity index (χ0n) is 10.6. The Morgan fingerprint density at radius 2 is 1.95 bits per heavy atom. The molecule has 0 aromatic heterocycles. The molecule has 0 atom stereocenters. The predicted octanol–water partition coefficient (Wildman–Crippen LogP) is 4.40. The molecule has 0 amide bonds. The van der Waals surface area contributed by atoms with E-state index in [9.17, 15) is 13.6 Å². The molecule has 2 aromatic carbocycles. The third-order valence-electron chi connectivity index (χ3n) is 2.75. The number of halogens is 3. The molecule has 2 nitrogen and oxygen atoms in total. The molecule has 0 aliphatic rings. The first-order valence-electron chi connectivity index (χ1n) is 5.85. The summed E-state index contributed by atoms with van der Waals surface area (Å²) in [7, 11) is 0. The third kappa shape index (κ3) is 3.14. The normalized spacial score (nSPS) is 10.4. The predicted molar refractivity (Wildman–Crippen MR) is 72.1 cm³/mol. The van der Waals surface area contributed by atoms with Crippen molar-refractivity contribution in [1.82, 2.24) is 0 Å². The number of hydrogen-bond acceptors (Lipinski definition) is 2. The molecule has 0 bridgehead atoms. The Morgan fingerprint density at radius 3 is 2.60 bits per heavy atom. The highest BCUT2D eigenvalue weighted by atomic mass is 35.5. The van der Waals surface area contributed by atoms with E-state index in [0.717, 1.165) is 6.07 Å². The molecule has 0 spiro atoms. The van der Waals surface area contributed by atoms with E-state index in [1.54, 1.807) is 6.07 Å². The highest BCUT2D eigenvalue weighted by Gasteiger charge is 2.10. The van der Waals surface area contributed by atoms with Gasteiger partial charge in [0.1, 0.15) is 24.0 Å². The second kappa shape index (κ2) is 6.01. The van der Waals surface area contributed by atoms with Crippen molar-refractivity contribution in [2.45, 2.75) is 13.5 Å². The Labute approximate surface area is 119 Å². The molecule has 20 heavy (non-hydrogen) atoms. The van der Waals surface area contributed by atoms with E-state index in [4.69, 9.17) is 16.3 Å². The molecular weight excluding hydrogens is 286 g/mol. The summed E-state index contributed by atoms with van der Waals surface area (Å²) in [6.07, 6.45) is 0. The van der Waals surface area contributed by atoms with Crippen molar-refractivity contribution in [2.24, 2.45) is 0 Å². The van der Waals surface area contributed by atoms with Crippen molar-refractivity contribution in [3.05, 3.63) is 64.2 Å². The van der Waals surface area contributed by atoms with Gasteiger partial charge in [-0.05, 0) is 25.1 Å². The van der Waals surface area contributed by atoms with Crippen LogP contribution >= 0.6 is 11.6 Å². The number of carbonyl (C=O) groups is 1.